The van der Waals surface area contributed by atoms with Crippen molar-refractivity contribution < 1.29 is 19.1 Å². The molecule has 3 aliphatic heterocycles. The summed E-state index contributed by atoms with van der Waals surface area (Å²) in [4.78, 5) is 16.5. The average molecular weight is 452 g/mol. The lowest BCUT2D eigenvalue weighted by atomic mass is 9.76. The molecular formula is C22H30ClN3O5. The van der Waals surface area contributed by atoms with Gasteiger partial charge in [0.05, 0.1) is 31.4 Å². The van der Waals surface area contributed by atoms with Crippen molar-refractivity contribution in [2.45, 2.75) is 43.9 Å². The third kappa shape index (κ3) is 3.82. The smallest absolute Gasteiger partial charge is 0.312 e. The summed E-state index contributed by atoms with van der Waals surface area (Å²) in [5.41, 5.74) is 0.266. The number of morpholine rings is 2. The Kier molecular flexibility index (Phi) is 6.09. The minimum atomic E-state index is -0.561. The van der Waals surface area contributed by atoms with Gasteiger partial charge in [0.15, 0.2) is 5.72 Å². The van der Waals surface area contributed by atoms with E-state index < -0.39 is 5.72 Å². The molecule has 0 spiro atoms. The predicted octanol–water partition coefficient (Wildman–Crippen LogP) is 3.62. The molecule has 3 atom stereocenters. The molecule has 0 aromatic heterocycles. The molecule has 3 unspecified atom stereocenters. The number of benzene rings is 1. The number of rotatable bonds is 3. The van der Waals surface area contributed by atoms with E-state index in [1.807, 2.05) is 6.07 Å². The second-order valence-electron chi connectivity index (χ2n) is 8.95. The molecule has 0 N–H and O–H groups in total. The van der Waals surface area contributed by atoms with Gasteiger partial charge in [-0.05, 0) is 18.9 Å². The number of nitro groups is 1. The van der Waals surface area contributed by atoms with Crippen LogP contribution in [-0.4, -0.2) is 73.1 Å². The van der Waals surface area contributed by atoms with Gasteiger partial charge in [-0.1, -0.05) is 24.4 Å². The lowest BCUT2D eigenvalue weighted by Gasteiger charge is -2.56. The summed E-state index contributed by atoms with van der Waals surface area (Å²) in [5.74, 6) is 0.604. The summed E-state index contributed by atoms with van der Waals surface area (Å²) < 4.78 is 18.1. The SMILES string of the molecule is O=[N+]([O-])c1cc(Cl)cc2c1OC1(N3CCOCC3)CCCCCC1C2N1CCOCC1. The van der Waals surface area contributed by atoms with Gasteiger partial charge in [0.1, 0.15) is 0 Å². The molecule has 3 fully saturated rings. The molecule has 0 bridgehead atoms. The quantitative estimate of drug-likeness (QED) is 0.513. The standard InChI is InChI=1S/C22H30ClN3O5/c23-16-14-17-20(24-6-10-29-11-7-24)18-4-2-1-3-5-22(18,25-8-12-30-13-9-25)31-21(17)19(15-16)26(27)28/h14-15,18,20H,1-13H2. The highest BCUT2D eigenvalue weighted by molar-refractivity contribution is 6.31. The molecule has 0 amide bonds. The molecule has 5 rings (SSSR count). The van der Waals surface area contributed by atoms with Crippen molar-refractivity contribution in [1.82, 2.24) is 9.80 Å². The first kappa shape index (κ1) is 21.4. The molecule has 9 heteroatoms. The fourth-order valence-corrected chi connectivity index (χ4v) is 6.25. The van der Waals surface area contributed by atoms with Crippen LogP contribution in [0.25, 0.3) is 0 Å². The highest BCUT2D eigenvalue weighted by Crippen LogP contribution is 2.56. The molecule has 4 aliphatic rings. The number of ether oxygens (including phenoxy) is 3. The molecule has 3 heterocycles. The topological polar surface area (TPSA) is 77.3 Å². The van der Waals surface area contributed by atoms with Crippen LogP contribution in [0.5, 0.6) is 5.75 Å². The number of halogens is 1. The van der Waals surface area contributed by atoms with Crippen LogP contribution in [0.15, 0.2) is 12.1 Å². The average Bonchev–Trinajstić information content (AvgIpc) is 3.01. The van der Waals surface area contributed by atoms with Gasteiger partial charge in [0.2, 0.25) is 5.75 Å². The molecule has 0 radical (unpaired) electrons. The van der Waals surface area contributed by atoms with E-state index in [0.29, 0.717) is 37.2 Å². The Morgan fingerprint density at radius 2 is 1.74 bits per heavy atom. The molecule has 8 nitrogen and oxygen atoms in total. The number of nitro benzene ring substituents is 1. The number of hydrogen-bond donors (Lipinski definition) is 0. The van der Waals surface area contributed by atoms with Crippen molar-refractivity contribution in [1.29, 1.82) is 0 Å². The number of hydrogen-bond acceptors (Lipinski definition) is 7. The summed E-state index contributed by atoms with van der Waals surface area (Å²) in [6.45, 7) is 5.84. The summed E-state index contributed by atoms with van der Waals surface area (Å²) in [6.07, 6.45) is 5.25. The minimum absolute atomic E-state index is 0.0194. The van der Waals surface area contributed by atoms with Gasteiger partial charge in [0, 0.05) is 61.2 Å². The summed E-state index contributed by atoms with van der Waals surface area (Å²) in [5, 5.41) is 12.4. The first-order valence-corrected chi connectivity index (χ1v) is 11.8. The molecule has 2 saturated heterocycles. The Morgan fingerprint density at radius 1 is 1.03 bits per heavy atom. The van der Waals surface area contributed by atoms with Crippen molar-refractivity contribution in [3.8, 4) is 5.75 Å². The molecule has 1 aromatic carbocycles. The number of nitrogens with zero attached hydrogens (tertiary/aromatic N) is 3. The van der Waals surface area contributed by atoms with Gasteiger partial charge in [-0.3, -0.25) is 19.9 Å². The van der Waals surface area contributed by atoms with Crippen molar-refractivity contribution in [3.05, 3.63) is 32.8 Å². The first-order chi connectivity index (χ1) is 15.1. The second-order valence-corrected chi connectivity index (χ2v) is 9.38. The van der Waals surface area contributed by atoms with E-state index in [4.69, 9.17) is 25.8 Å². The summed E-state index contributed by atoms with van der Waals surface area (Å²) in [7, 11) is 0. The van der Waals surface area contributed by atoms with Crippen LogP contribution in [0.1, 0.15) is 43.7 Å². The van der Waals surface area contributed by atoms with Crippen LogP contribution in [0.3, 0.4) is 0 Å². The Hall–Kier alpha value is -1.45. The van der Waals surface area contributed by atoms with Crippen LogP contribution in [-0.2, 0) is 9.47 Å². The zero-order valence-corrected chi connectivity index (χ0v) is 18.5. The highest BCUT2D eigenvalue weighted by atomic mass is 35.5. The van der Waals surface area contributed by atoms with E-state index >= 15 is 0 Å². The maximum Gasteiger partial charge on any atom is 0.312 e. The van der Waals surface area contributed by atoms with Crippen molar-refractivity contribution in [3.63, 3.8) is 0 Å². The van der Waals surface area contributed by atoms with Crippen LogP contribution in [0.2, 0.25) is 5.02 Å². The number of fused-ring (bicyclic) bond motifs is 2. The fourth-order valence-electron chi connectivity index (χ4n) is 6.03. The van der Waals surface area contributed by atoms with Crippen molar-refractivity contribution in [2.75, 3.05) is 52.6 Å². The Labute approximate surface area is 187 Å². The molecule has 170 valence electrons. The molecule has 1 aliphatic carbocycles. The predicted molar refractivity (Wildman–Crippen MR) is 116 cm³/mol. The van der Waals surface area contributed by atoms with E-state index in [1.165, 1.54) is 6.07 Å². The van der Waals surface area contributed by atoms with Crippen LogP contribution >= 0.6 is 11.6 Å². The Bertz CT molecular complexity index is 828. The van der Waals surface area contributed by atoms with Crippen LogP contribution in [0.4, 0.5) is 5.69 Å². The van der Waals surface area contributed by atoms with Gasteiger partial charge in [-0.2, -0.15) is 0 Å². The Morgan fingerprint density at radius 3 is 2.45 bits per heavy atom. The van der Waals surface area contributed by atoms with Crippen molar-refractivity contribution >= 4 is 17.3 Å². The zero-order valence-electron chi connectivity index (χ0n) is 17.8. The van der Waals surface area contributed by atoms with Gasteiger partial charge in [-0.15, -0.1) is 0 Å². The third-order valence-electron chi connectivity index (χ3n) is 7.35. The maximum absolute atomic E-state index is 12.0. The largest absolute Gasteiger partial charge is 0.465 e. The zero-order chi connectivity index (χ0) is 21.4. The molecular weight excluding hydrogens is 422 g/mol. The van der Waals surface area contributed by atoms with E-state index in [1.54, 1.807) is 0 Å². The fraction of sp³-hybridized carbons (Fsp3) is 0.727. The normalized spacial score (nSPS) is 32.4. The van der Waals surface area contributed by atoms with Crippen LogP contribution in [0, 0.1) is 16.0 Å². The van der Waals surface area contributed by atoms with Crippen molar-refractivity contribution in [2.24, 2.45) is 5.92 Å². The maximum atomic E-state index is 12.0. The minimum Gasteiger partial charge on any atom is -0.465 e. The molecule has 1 saturated carbocycles. The highest BCUT2D eigenvalue weighted by Gasteiger charge is 2.56. The molecule has 1 aromatic rings. The van der Waals surface area contributed by atoms with E-state index in [2.05, 4.69) is 9.80 Å². The summed E-state index contributed by atoms with van der Waals surface area (Å²) >= 11 is 6.39. The van der Waals surface area contributed by atoms with Gasteiger partial charge in [0.25, 0.3) is 0 Å². The Balaban J connectivity index is 1.69. The second kappa shape index (κ2) is 8.83. The monoisotopic (exact) mass is 451 g/mol. The first-order valence-electron chi connectivity index (χ1n) is 11.4. The molecule has 31 heavy (non-hydrogen) atoms. The third-order valence-corrected chi connectivity index (χ3v) is 7.57. The van der Waals surface area contributed by atoms with Crippen LogP contribution < -0.4 is 4.74 Å². The summed E-state index contributed by atoms with van der Waals surface area (Å²) in [6, 6.07) is 3.34. The van der Waals surface area contributed by atoms with Gasteiger partial charge in [-0.25, -0.2) is 0 Å². The lowest BCUT2D eigenvalue weighted by Crippen LogP contribution is -2.65. The van der Waals surface area contributed by atoms with E-state index in [0.717, 1.165) is 63.8 Å². The van der Waals surface area contributed by atoms with E-state index in [-0.39, 0.29) is 22.6 Å². The van der Waals surface area contributed by atoms with E-state index in [9.17, 15) is 10.1 Å². The van der Waals surface area contributed by atoms with Gasteiger partial charge < -0.3 is 14.2 Å². The van der Waals surface area contributed by atoms with Gasteiger partial charge >= 0.3 is 5.69 Å². The lowest BCUT2D eigenvalue weighted by molar-refractivity contribution is -0.387.